The zero-order valence-corrected chi connectivity index (χ0v) is 10.2. The van der Waals surface area contributed by atoms with Crippen molar-refractivity contribution in [3.63, 3.8) is 0 Å². The molecule has 0 aromatic heterocycles. The number of hydrogen-bond donors (Lipinski definition) is 3. The number of carboxylic acids is 1. The average molecular weight is 261 g/mol. The second kappa shape index (κ2) is 4.35. The Morgan fingerprint density at radius 2 is 1.95 bits per heavy atom. The van der Waals surface area contributed by atoms with Gasteiger partial charge in [-0.05, 0) is 17.5 Å². The van der Waals surface area contributed by atoms with Crippen molar-refractivity contribution in [2.45, 2.75) is 25.0 Å². The molecule has 5 nitrogen and oxygen atoms in total. The van der Waals surface area contributed by atoms with Crippen LogP contribution in [0, 0.1) is 11.8 Å². The van der Waals surface area contributed by atoms with Crippen molar-refractivity contribution in [2.24, 2.45) is 11.8 Å². The van der Waals surface area contributed by atoms with E-state index in [0.29, 0.717) is 12.8 Å². The minimum absolute atomic E-state index is 0.270. The van der Waals surface area contributed by atoms with Crippen molar-refractivity contribution in [1.29, 1.82) is 0 Å². The van der Waals surface area contributed by atoms with Crippen LogP contribution in [-0.4, -0.2) is 28.2 Å². The van der Waals surface area contributed by atoms with Crippen LogP contribution in [0.25, 0.3) is 0 Å². The Balaban J connectivity index is 1.71. The minimum atomic E-state index is -0.924. The summed E-state index contributed by atoms with van der Waals surface area (Å²) in [6, 6.07) is 7.17. The van der Waals surface area contributed by atoms with Crippen molar-refractivity contribution < 1.29 is 19.8 Å². The summed E-state index contributed by atoms with van der Waals surface area (Å²) < 4.78 is 0. The highest BCUT2D eigenvalue weighted by atomic mass is 16.4. The van der Waals surface area contributed by atoms with Crippen molar-refractivity contribution in [1.82, 2.24) is 5.32 Å². The molecule has 1 saturated carbocycles. The molecule has 3 rings (SSSR count). The third-order valence-corrected chi connectivity index (χ3v) is 3.95. The summed E-state index contributed by atoms with van der Waals surface area (Å²) >= 11 is 0. The first-order chi connectivity index (χ1) is 9.08. The number of aliphatic hydroxyl groups excluding tert-OH is 1. The molecular weight excluding hydrogens is 246 g/mol. The molecule has 1 amide bonds. The Morgan fingerprint density at radius 3 is 2.63 bits per heavy atom. The predicted octanol–water partition coefficient (Wildman–Crippen LogP) is 0.482. The number of benzene rings is 1. The number of rotatable bonds is 3. The molecule has 100 valence electrons. The molecule has 4 atom stereocenters. The van der Waals surface area contributed by atoms with E-state index >= 15 is 0 Å². The molecule has 0 spiro atoms. The van der Waals surface area contributed by atoms with Gasteiger partial charge in [-0.3, -0.25) is 9.59 Å². The molecule has 2 aliphatic rings. The SMILES string of the molecule is O=C(O)C1CC1C(=O)N[C@@H]1c2ccccc2C[C@@H]1O. The lowest BCUT2D eigenvalue weighted by atomic mass is 10.1. The second-order valence-electron chi connectivity index (χ2n) is 5.24. The van der Waals surface area contributed by atoms with E-state index in [1.165, 1.54) is 0 Å². The van der Waals surface area contributed by atoms with E-state index in [2.05, 4.69) is 5.32 Å². The lowest BCUT2D eigenvalue weighted by Crippen LogP contribution is -2.35. The highest BCUT2D eigenvalue weighted by Crippen LogP contribution is 2.40. The standard InChI is InChI=1S/C14H15NO4/c16-11-5-7-3-1-2-4-8(7)12(11)15-13(17)9-6-10(9)14(18)19/h1-4,9-12,16H,5-6H2,(H,15,17)(H,18,19)/t9?,10?,11-,12+/m0/s1. The molecule has 2 unspecified atom stereocenters. The lowest BCUT2D eigenvalue weighted by Gasteiger charge is -2.17. The number of aliphatic carboxylic acids is 1. The Labute approximate surface area is 110 Å². The number of carbonyl (C=O) groups is 2. The molecule has 0 radical (unpaired) electrons. The molecule has 0 saturated heterocycles. The van der Waals surface area contributed by atoms with E-state index in [-0.39, 0.29) is 5.91 Å². The minimum Gasteiger partial charge on any atom is -0.481 e. The fourth-order valence-corrected chi connectivity index (χ4v) is 2.77. The fourth-order valence-electron chi connectivity index (χ4n) is 2.77. The quantitative estimate of drug-likeness (QED) is 0.738. The monoisotopic (exact) mass is 261 g/mol. The van der Waals surface area contributed by atoms with Gasteiger partial charge in [-0.1, -0.05) is 24.3 Å². The Kier molecular flexibility index (Phi) is 2.78. The summed E-state index contributed by atoms with van der Waals surface area (Å²) in [6.45, 7) is 0. The number of amides is 1. The maximum Gasteiger partial charge on any atom is 0.307 e. The van der Waals surface area contributed by atoms with E-state index in [9.17, 15) is 14.7 Å². The third kappa shape index (κ3) is 2.10. The zero-order chi connectivity index (χ0) is 13.6. The van der Waals surface area contributed by atoms with Crippen molar-refractivity contribution >= 4 is 11.9 Å². The largest absolute Gasteiger partial charge is 0.481 e. The Morgan fingerprint density at radius 1 is 1.21 bits per heavy atom. The van der Waals surface area contributed by atoms with Crippen LogP contribution in [0.4, 0.5) is 0 Å². The lowest BCUT2D eigenvalue weighted by molar-refractivity contribution is -0.140. The average Bonchev–Trinajstić information content (AvgIpc) is 3.12. The first-order valence-corrected chi connectivity index (χ1v) is 6.37. The molecule has 19 heavy (non-hydrogen) atoms. The molecule has 3 N–H and O–H groups in total. The number of carbonyl (C=O) groups excluding carboxylic acids is 1. The molecule has 2 aliphatic carbocycles. The Hall–Kier alpha value is -1.88. The molecule has 1 fully saturated rings. The van der Waals surface area contributed by atoms with Gasteiger partial charge in [-0.15, -0.1) is 0 Å². The van der Waals surface area contributed by atoms with Crippen LogP contribution in [0.2, 0.25) is 0 Å². The smallest absolute Gasteiger partial charge is 0.307 e. The second-order valence-corrected chi connectivity index (χ2v) is 5.24. The van der Waals surface area contributed by atoms with Crippen LogP contribution in [0.15, 0.2) is 24.3 Å². The number of nitrogens with one attached hydrogen (secondary N) is 1. The Bertz CT molecular complexity index is 542. The van der Waals surface area contributed by atoms with Gasteiger partial charge in [-0.25, -0.2) is 0 Å². The number of hydrogen-bond acceptors (Lipinski definition) is 3. The van der Waals surface area contributed by atoms with Crippen LogP contribution in [-0.2, 0) is 16.0 Å². The van der Waals surface area contributed by atoms with Gasteiger partial charge in [0.25, 0.3) is 0 Å². The molecule has 0 bridgehead atoms. The van der Waals surface area contributed by atoms with Gasteiger partial charge in [0.1, 0.15) is 0 Å². The first kappa shape index (κ1) is 12.2. The zero-order valence-electron chi connectivity index (χ0n) is 10.2. The number of fused-ring (bicyclic) bond motifs is 1. The predicted molar refractivity (Wildman–Crippen MR) is 66.3 cm³/mol. The summed E-state index contributed by atoms with van der Waals surface area (Å²) in [5.74, 6) is -2.20. The maximum absolute atomic E-state index is 11.9. The highest BCUT2D eigenvalue weighted by molar-refractivity contribution is 5.89. The molecule has 5 heteroatoms. The summed E-state index contributed by atoms with van der Waals surface area (Å²) in [5.41, 5.74) is 1.96. The van der Waals surface area contributed by atoms with Crippen LogP contribution >= 0.6 is 0 Å². The van der Waals surface area contributed by atoms with Crippen molar-refractivity contribution in [3.05, 3.63) is 35.4 Å². The van der Waals surface area contributed by atoms with Crippen LogP contribution < -0.4 is 5.32 Å². The van der Waals surface area contributed by atoms with Crippen LogP contribution in [0.5, 0.6) is 0 Å². The third-order valence-electron chi connectivity index (χ3n) is 3.95. The van der Waals surface area contributed by atoms with Gasteiger partial charge in [0, 0.05) is 6.42 Å². The summed E-state index contributed by atoms with van der Waals surface area (Å²) in [4.78, 5) is 22.7. The summed E-state index contributed by atoms with van der Waals surface area (Å²) in [7, 11) is 0. The van der Waals surface area contributed by atoms with E-state index in [0.717, 1.165) is 11.1 Å². The van der Waals surface area contributed by atoms with Gasteiger partial charge in [0.2, 0.25) is 5.91 Å². The van der Waals surface area contributed by atoms with E-state index < -0.39 is 30.0 Å². The topological polar surface area (TPSA) is 86.6 Å². The van der Waals surface area contributed by atoms with E-state index in [1.54, 1.807) is 0 Å². The molecule has 0 aliphatic heterocycles. The highest BCUT2D eigenvalue weighted by Gasteiger charge is 2.49. The first-order valence-electron chi connectivity index (χ1n) is 6.37. The molecule has 0 heterocycles. The fraction of sp³-hybridized carbons (Fsp3) is 0.429. The summed E-state index contributed by atoms with van der Waals surface area (Å²) in [5, 5.41) is 21.6. The van der Waals surface area contributed by atoms with Crippen molar-refractivity contribution in [3.8, 4) is 0 Å². The molecule has 1 aromatic carbocycles. The normalized spacial score (nSPS) is 31.6. The number of carboxylic acid groups (broad SMARTS) is 1. The van der Waals surface area contributed by atoms with Gasteiger partial charge < -0.3 is 15.5 Å². The van der Waals surface area contributed by atoms with Crippen molar-refractivity contribution in [2.75, 3.05) is 0 Å². The van der Waals surface area contributed by atoms with Gasteiger partial charge in [0.05, 0.1) is 24.0 Å². The van der Waals surface area contributed by atoms with Crippen LogP contribution in [0.3, 0.4) is 0 Å². The maximum atomic E-state index is 11.9. The van der Waals surface area contributed by atoms with E-state index in [1.807, 2.05) is 24.3 Å². The van der Waals surface area contributed by atoms with Crippen LogP contribution in [0.1, 0.15) is 23.6 Å². The summed E-state index contributed by atoms with van der Waals surface area (Å²) in [6.07, 6.45) is 0.281. The van der Waals surface area contributed by atoms with Gasteiger partial charge >= 0.3 is 5.97 Å². The molecule has 1 aromatic rings. The number of aliphatic hydroxyl groups is 1. The van der Waals surface area contributed by atoms with Gasteiger partial charge in [-0.2, -0.15) is 0 Å². The molecular formula is C14H15NO4. The van der Waals surface area contributed by atoms with E-state index in [4.69, 9.17) is 5.11 Å². The van der Waals surface area contributed by atoms with Gasteiger partial charge in [0.15, 0.2) is 0 Å².